The molecule has 6 heteroatoms. The zero-order valence-corrected chi connectivity index (χ0v) is 14.9. The second-order valence-corrected chi connectivity index (χ2v) is 7.60. The molecular formula is C19H15N3OS2. The zero-order chi connectivity index (χ0) is 17.1. The van der Waals surface area contributed by atoms with Gasteiger partial charge in [0.1, 0.15) is 5.01 Å². The Balaban J connectivity index is 1.37. The topological polar surface area (TPSA) is 54.9 Å². The molecule has 0 fully saturated rings. The van der Waals surface area contributed by atoms with Crippen LogP contribution in [0.4, 0.5) is 5.69 Å². The lowest BCUT2D eigenvalue weighted by atomic mass is 10.2. The van der Waals surface area contributed by atoms with E-state index in [-0.39, 0.29) is 5.91 Å². The lowest BCUT2D eigenvalue weighted by Crippen LogP contribution is -2.14. The molecule has 0 saturated carbocycles. The van der Waals surface area contributed by atoms with E-state index in [4.69, 9.17) is 0 Å². The van der Waals surface area contributed by atoms with Crippen LogP contribution < -0.4 is 5.32 Å². The number of pyridine rings is 1. The summed E-state index contributed by atoms with van der Waals surface area (Å²) in [5.74, 6) is 1.10. The molecule has 1 N–H and O–H groups in total. The van der Waals surface area contributed by atoms with Crippen molar-refractivity contribution in [1.82, 2.24) is 9.97 Å². The van der Waals surface area contributed by atoms with Crippen LogP contribution in [0.1, 0.15) is 5.01 Å². The summed E-state index contributed by atoms with van der Waals surface area (Å²) in [6.45, 7) is 0. The molecule has 4 aromatic rings. The van der Waals surface area contributed by atoms with E-state index in [1.54, 1.807) is 29.3 Å². The molecule has 0 unspecified atom stereocenters. The molecule has 124 valence electrons. The van der Waals surface area contributed by atoms with Gasteiger partial charge < -0.3 is 5.32 Å². The van der Waals surface area contributed by atoms with E-state index >= 15 is 0 Å². The average molecular weight is 365 g/mol. The fraction of sp³-hybridized carbons (Fsp3) is 0.105. The molecule has 0 aliphatic rings. The van der Waals surface area contributed by atoms with E-state index in [9.17, 15) is 4.79 Å². The van der Waals surface area contributed by atoms with Crippen LogP contribution in [-0.2, 0) is 10.5 Å². The van der Waals surface area contributed by atoms with Crippen molar-refractivity contribution in [3.8, 4) is 0 Å². The Morgan fingerprint density at radius 2 is 1.96 bits per heavy atom. The van der Waals surface area contributed by atoms with Crippen LogP contribution in [0.15, 0.2) is 60.8 Å². The molecule has 4 nitrogen and oxygen atoms in total. The zero-order valence-electron chi connectivity index (χ0n) is 13.3. The van der Waals surface area contributed by atoms with Crippen molar-refractivity contribution in [3.05, 3.63) is 65.8 Å². The predicted octanol–water partition coefficient (Wildman–Crippen LogP) is 4.72. The highest BCUT2D eigenvalue weighted by Crippen LogP contribution is 2.25. The maximum absolute atomic E-state index is 12.2. The van der Waals surface area contributed by atoms with Crippen molar-refractivity contribution >= 4 is 55.8 Å². The van der Waals surface area contributed by atoms with Gasteiger partial charge in [-0.1, -0.05) is 30.3 Å². The number of anilines is 1. The molecule has 0 bridgehead atoms. The molecule has 0 spiro atoms. The summed E-state index contributed by atoms with van der Waals surface area (Å²) in [7, 11) is 0. The Morgan fingerprint density at radius 3 is 2.88 bits per heavy atom. The number of amides is 1. The molecule has 0 atom stereocenters. The number of carbonyl (C=O) groups is 1. The molecule has 0 saturated heterocycles. The molecule has 2 heterocycles. The fourth-order valence-corrected chi connectivity index (χ4v) is 4.45. The Kier molecular flexibility index (Phi) is 4.63. The van der Waals surface area contributed by atoms with Gasteiger partial charge in [0.05, 0.1) is 27.2 Å². The first-order chi connectivity index (χ1) is 12.3. The number of hydrogen-bond acceptors (Lipinski definition) is 5. The number of thiazole rings is 1. The molecule has 25 heavy (non-hydrogen) atoms. The van der Waals surface area contributed by atoms with E-state index in [0.29, 0.717) is 5.75 Å². The highest BCUT2D eigenvalue weighted by atomic mass is 32.2. The third-order valence-electron chi connectivity index (χ3n) is 3.70. The van der Waals surface area contributed by atoms with Crippen LogP contribution in [0.3, 0.4) is 0 Å². The van der Waals surface area contributed by atoms with Crippen LogP contribution in [0.25, 0.3) is 21.1 Å². The van der Waals surface area contributed by atoms with Crippen molar-refractivity contribution in [2.75, 3.05) is 11.1 Å². The van der Waals surface area contributed by atoms with E-state index in [2.05, 4.69) is 21.4 Å². The fourth-order valence-electron chi connectivity index (χ4n) is 2.60. The minimum absolute atomic E-state index is 0.0238. The summed E-state index contributed by atoms with van der Waals surface area (Å²) in [4.78, 5) is 21.2. The van der Waals surface area contributed by atoms with Crippen LogP contribution >= 0.6 is 23.1 Å². The Bertz CT molecular complexity index is 1010. The molecule has 0 aliphatic carbocycles. The summed E-state index contributed by atoms with van der Waals surface area (Å²) in [6, 6.07) is 17.8. The second kappa shape index (κ2) is 7.21. The van der Waals surface area contributed by atoms with Crippen molar-refractivity contribution in [2.24, 2.45) is 0 Å². The van der Waals surface area contributed by atoms with Crippen molar-refractivity contribution in [2.45, 2.75) is 5.75 Å². The van der Waals surface area contributed by atoms with Gasteiger partial charge in [-0.2, -0.15) is 0 Å². The third-order valence-corrected chi connectivity index (χ3v) is 5.87. The lowest BCUT2D eigenvalue weighted by molar-refractivity contribution is -0.113. The highest BCUT2D eigenvalue weighted by molar-refractivity contribution is 7.99. The molecule has 0 radical (unpaired) electrons. The summed E-state index contributed by atoms with van der Waals surface area (Å²) < 4.78 is 1.18. The van der Waals surface area contributed by atoms with Crippen molar-refractivity contribution in [1.29, 1.82) is 0 Å². The number of hydrogen-bond donors (Lipinski definition) is 1. The van der Waals surface area contributed by atoms with Gasteiger partial charge in [-0.3, -0.25) is 9.78 Å². The van der Waals surface area contributed by atoms with Crippen molar-refractivity contribution in [3.63, 3.8) is 0 Å². The second-order valence-electron chi connectivity index (χ2n) is 5.50. The van der Waals surface area contributed by atoms with Crippen LogP contribution in [-0.4, -0.2) is 21.6 Å². The summed E-state index contributed by atoms with van der Waals surface area (Å²) >= 11 is 3.25. The largest absolute Gasteiger partial charge is 0.323 e. The maximum Gasteiger partial charge on any atom is 0.234 e. The lowest BCUT2D eigenvalue weighted by Gasteiger charge is -2.07. The Labute approximate surface area is 153 Å². The number of fused-ring (bicyclic) bond motifs is 2. The van der Waals surface area contributed by atoms with E-state index in [1.165, 1.54) is 4.70 Å². The van der Waals surface area contributed by atoms with Crippen molar-refractivity contribution < 1.29 is 4.79 Å². The van der Waals surface area contributed by atoms with Gasteiger partial charge in [0.15, 0.2) is 0 Å². The number of nitrogens with zero attached hydrogens (tertiary/aromatic N) is 2. The number of rotatable bonds is 5. The first-order valence-corrected chi connectivity index (χ1v) is 9.82. The number of benzene rings is 2. The molecule has 0 aliphatic heterocycles. The first-order valence-electron chi connectivity index (χ1n) is 7.85. The van der Waals surface area contributed by atoms with Gasteiger partial charge in [0, 0.05) is 17.3 Å². The number of carbonyl (C=O) groups excluding carboxylic acids is 1. The Morgan fingerprint density at radius 1 is 1.08 bits per heavy atom. The summed E-state index contributed by atoms with van der Waals surface area (Å²) in [5.41, 5.74) is 2.59. The van der Waals surface area contributed by atoms with E-state index in [0.717, 1.165) is 32.9 Å². The van der Waals surface area contributed by atoms with Crippen LogP contribution in [0.5, 0.6) is 0 Å². The number of thioether (sulfide) groups is 1. The van der Waals surface area contributed by atoms with Gasteiger partial charge in [0.2, 0.25) is 5.91 Å². The minimum Gasteiger partial charge on any atom is -0.323 e. The standard InChI is InChI=1S/C19H15N3OS2/c23-17(21-15-8-3-5-13-6-4-10-20-19(13)15)11-24-12-18-22-14-7-1-2-9-16(14)25-18/h1-10H,11-12H2,(H,21,23). The number of nitrogens with one attached hydrogen (secondary N) is 1. The van der Waals surface area contributed by atoms with Gasteiger partial charge >= 0.3 is 0 Å². The van der Waals surface area contributed by atoms with E-state index < -0.39 is 0 Å². The maximum atomic E-state index is 12.2. The molecule has 1 amide bonds. The molecule has 2 aromatic carbocycles. The van der Waals surface area contributed by atoms with Crippen LogP contribution in [0.2, 0.25) is 0 Å². The monoisotopic (exact) mass is 365 g/mol. The third kappa shape index (κ3) is 3.65. The molecular weight excluding hydrogens is 350 g/mol. The minimum atomic E-state index is -0.0238. The molecule has 4 rings (SSSR count). The average Bonchev–Trinajstić information content (AvgIpc) is 3.05. The van der Waals surface area contributed by atoms with E-state index in [1.807, 2.05) is 48.5 Å². The van der Waals surface area contributed by atoms with Gasteiger partial charge in [-0.15, -0.1) is 23.1 Å². The van der Waals surface area contributed by atoms with Crippen LogP contribution in [0, 0.1) is 0 Å². The normalized spacial score (nSPS) is 11.0. The smallest absolute Gasteiger partial charge is 0.234 e. The van der Waals surface area contributed by atoms with Gasteiger partial charge in [-0.05, 0) is 24.3 Å². The van der Waals surface area contributed by atoms with Gasteiger partial charge in [0.25, 0.3) is 0 Å². The number of aromatic nitrogens is 2. The first kappa shape index (κ1) is 16.1. The Hall–Kier alpha value is -2.44. The van der Waals surface area contributed by atoms with Gasteiger partial charge in [-0.25, -0.2) is 4.98 Å². The predicted molar refractivity (Wildman–Crippen MR) is 106 cm³/mol. The highest BCUT2D eigenvalue weighted by Gasteiger charge is 2.08. The summed E-state index contributed by atoms with van der Waals surface area (Å²) in [6.07, 6.45) is 1.74. The number of para-hydroxylation sites is 2. The quantitative estimate of drug-likeness (QED) is 0.556. The SMILES string of the molecule is O=C(CSCc1nc2ccccc2s1)Nc1cccc2cccnc12. The molecule has 2 aromatic heterocycles. The summed E-state index contributed by atoms with van der Waals surface area (Å²) in [5, 5.41) is 5.02.